The number of benzene rings is 1. The van der Waals surface area contributed by atoms with Crippen molar-refractivity contribution in [2.45, 2.75) is 31.5 Å². The zero-order valence-electron chi connectivity index (χ0n) is 13.6. The third kappa shape index (κ3) is 2.13. The molecule has 2 fully saturated rings. The predicted molar refractivity (Wildman–Crippen MR) is 84.6 cm³/mol. The summed E-state index contributed by atoms with van der Waals surface area (Å²) >= 11 is 0. The zero-order valence-corrected chi connectivity index (χ0v) is 13.6. The summed E-state index contributed by atoms with van der Waals surface area (Å²) in [7, 11) is 0. The molecule has 0 aliphatic carbocycles. The second kappa shape index (κ2) is 5.36. The summed E-state index contributed by atoms with van der Waals surface area (Å²) in [5, 5.41) is 0. The lowest BCUT2D eigenvalue weighted by Crippen LogP contribution is -2.47. The molecule has 0 atom stereocenters. The van der Waals surface area contributed by atoms with Gasteiger partial charge in [0.15, 0.2) is 5.79 Å². The van der Waals surface area contributed by atoms with Crippen molar-refractivity contribution in [3.8, 4) is 11.5 Å². The first-order valence-corrected chi connectivity index (χ1v) is 8.77. The Morgan fingerprint density at radius 3 is 2.54 bits per heavy atom. The summed E-state index contributed by atoms with van der Waals surface area (Å²) in [5.74, 6) is 1.23. The predicted octanol–water partition coefficient (Wildman–Crippen LogP) is 1.54. The van der Waals surface area contributed by atoms with Crippen molar-refractivity contribution < 1.29 is 23.7 Å². The highest BCUT2D eigenvalue weighted by Crippen LogP contribution is 2.42. The van der Waals surface area contributed by atoms with E-state index >= 15 is 0 Å². The Morgan fingerprint density at radius 1 is 1.00 bits per heavy atom. The molecule has 0 unspecified atom stereocenters. The lowest BCUT2D eigenvalue weighted by molar-refractivity contribution is -0.181. The molecule has 2 saturated heterocycles. The molecule has 0 saturated carbocycles. The van der Waals surface area contributed by atoms with Gasteiger partial charge in [0.2, 0.25) is 0 Å². The summed E-state index contributed by atoms with van der Waals surface area (Å²) < 4.78 is 23.0. The van der Waals surface area contributed by atoms with E-state index < -0.39 is 5.79 Å². The molecule has 5 rings (SSSR count). The van der Waals surface area contributed by atoms with Crippen LogP contribution in [0.1, 0.15) is 34.3 Å². The summed E-state index contributed by atoms with van der Waals surface area (Å²) in [5.41, 5.74) is 2.82. The first-order valence-electron chi connectivity index (χ1n) is 8.77. The van der Waals surface area contributed by atoms with Gasteiger partial charge in [-0.3, -0.25) is 4.79 Å². The van der Waals surface area contributed by atoms with Gasteiger partial charge in [-0.05, 0) is 6.07 Å². The maximum Gasteiger partial charge on any atom is 0.258 e. The fraction of sp³-hybridized carbons (Fsp3) is 0.611. The van der Waals surface area contributed by atoms with E-state index in [0.717, 1.165) is 53.9 Å². The Balaban J connectivity index is 1.44. The van der Waals surface area contributed by atoms with Crippen LogP contribution in [0.4, 0.5) is 0 Å². The smallest absolute Gasteiger partial charge is 0.258 e. The quantitative estimate of drug-likeness (QED) is 0.781. The van der Waals surface area contributed by atoms with Gasteiger partial charge < -0.3 is 23.8 Å². The molecule has 6 nitrogen and oxygen atoms in total. The van der Waals surface area contributed by atoms with Crippen LogP contribution in [0.2, 0.25) is 0 Å². The van der Waals surface area contributed by atoms with Crippen molar-refractivity contribution in [1.29, 1.82) is 0 Å². The van der Waals surface area contributed by atoms with Crippen LogP contribution in [0, 0.1) is 0 Å². The highest BCUT2D eigenvalue weighted by Gasteiger charge is 2.42. The second-order valence-corrected chi connectivity index (χ2v) is 6.81. The van der Waals surface area contributed by atoms with Crippen molar-refractivity contribution in [2.24, 2.45) is 0 Å². The number of hydrogen-bond acceptors (Lipinski definition) is 5. The highest BCUT2D eigenvalue weighted by atomic mass is 16.7. The Bertz CT molecular complexity index is 653. The molecular weight excluding hydrogens is 310 g/mol. The van der Waals surface area contributed by atoms with Crippen molar-refractivity contribution in [2.75, 3.05) is 39.5 Å². The summed E-state index contributed by atoms with van der Waals surface area (Å²) in [4.78, 5) is 15.1. The third-order valence-electron chi connectivity index (χ3n) is 5.49. The molecule has 0 radical (unpaired) electrons. The lowest BCUT2D eigenvalue weighted by atomic mass is 9.96. The van der Waals surface area contributed by atoms with Gasteiger partial charge in [0, 0.05) is 49.9 Å². The maximum atomic E-state index is 13.2. The van der Waals surface area contributed by atoms with Crippen LogP contribution < -0.4 is 9.47 Å². The van der Waals surface area contributed by atoms with Crippen LogP contribution in [0.15, 0.2) is 6.07 Å². The van der Waals surface area contributed by atoms with E-state index in [0.29, 0.717) is 39.5 Å². The number of hydrogen-bond donors (Lipinski definition) is 0. The number of nitrogens with zero attached hydrogens (tertiary/aromatic N) is 1. The molecule has 0 bridgehead atoms. The van der Waals surface area contributed by atoms with Crippen LogP contribution >= 0.6 is 0 Å². The molecule has 0 aromatic heterocycles. The number of likely N-dealkylation sites (tertiary alicyclic amines) is 1. The minimum absolute atomic E-state index is 0.0587. The zero-order chi connectivity index (χ0) is 16.1. The van der Waals surface area contributed by atoms with E-state index in [4.69, 9.17) is 18.9 Å². The van der Waals surface area contributed by atoms with Crippen molar-refractivity contribution >= 4 is 5.91 Å². The average Bonchev–Trinajstić information content (AvgIpc) is 3.33. The average molecular weight is 331 g/mol. The molecule has 4 aliphatic rings. The maximum absolute atomic E-state index is 13.2. The number of rotatable bonds is 1. The van der Waals surface area contributed by atoms with E-state index in [1.807, 2.05) is 11.0 Å². The van der Waals surface area contributed by atoms with Crippen LogP contribution in [0.3, 0.4) is 0 Å². The van der Waals surface area contributed by atoms with Gasteiger partial charge in [-0.25, -0.2) is 0 Å². The molecule has 128 valence electrons. The molecule has 4 heterocycles. The normalized spacial score (nSPS) is 23.8. The Kier molecular flexibility index (Phi) is 3.25. The topological polar surface area (TPSA) is 57.2 Å². The minimum Gasteiger partial charge on any atom is -0.493 e. The molecule has 1 amide bonds. The molecule has 0 N–H and O–H groups in total. The first-order chi connectivity index (χ1) is 11.8. The number of amides is 1. The first kappa shape index (κ1) is 14.5. The van der Waals surface area contributed by atoms with Crippen LogP contribution in [-0.2, 0) is 22.3 Å². The Morgan fingerprint density at radius 2 is 1.75 bits per heavy atom. The van der Waals surface area contributed by atoms with E-state index in [2.05, 4.69) is 0 Å². The molecule has 1 spiro atoms. The van der Waals surface area contributed by atoms with Gasteiger partial charge >= 0.3 is 0 Å². The van der Waals surface area contributed by atoms with Gasteiger partial charge in [0.1, 0.15) is 11.5 Å². The van der Waals surface area contributed by atoms with Gasteiger partial charge in [-0.2, -0.15) is 0 Å². The Labute approximate surface area is 140 Å². The number of piperidine rings is 1. The minimum atomic E-state index is -0.461. The third-order valence-corrected chi connectivity index (χ3v) is 5.49. The van der Waals surface area contributed by atoms with Gasteiger partial charge in [0.05, 0.1) is 32.0 Å². The van der Waals surface area contributed by atoms with Gasteiger partial charge in [-0.1, -0.05) is 0 Å². The fourth-order valence-electron chi connectivity index (χ4n) is 4.21. The van der Waals surface area contributed by atoms with Crippen LogP contribution in [0.5, 0.6) is 11.5 Å². The monoisotopic (exact) mass is 331 g/mol. The molecule has 1 aromatic rings. The number of ether oxygens (including phenoxy) is 4. The van der Waals surface area contributed by atoms with E-state index in [9.17, 15) is 4.79 Å². The van der Waals surface area contributed by atoms with Crippen molar-refractivity contribution in [3.63, 3.8) is 0 Å². The van der Waals surface area contributed by atoms with E-state index in [1.54, 1.807) is 0 Å². The van der Waals surface area contributed by atoms with Crippen LogP contribution in [0.25, 0.3) is 0 Å². The molecule has 4 aliphatic heterocycles. The molecule has 24 heavy (non-hydrogen) atoms. The number of carbonyl (C=O) groups excluding carboxylic acids is 1. The molecule has 6 heteroatoms. The summed E-state index contributed by atoms with van der Waals surface area (Å²) in [6.45, 7) is 3.89. The van der Waals surface area contributed by atoms with Crippen molar-refractivity contribution in [1.82, 2.24) is 4.90 Å². The number of carbonyl (C=O) groups is 1. The number of fused-ring (bicyclic) bond motifs is 2. The molecule has 1 aromatic carbocycles. The SMILES string of the molecule is O=C(c1c2c(cc3c1OCC3)OCC2)N1CCC2(CC1)OCCO2. The Hall–Kier alpha value is -1.79. The fourth-order valence-corrected chi connectivity index (χ4v) is 4.21. The standard InChI is InChI=1S/C18H21NO5/c20-17(19-5-3-18(4-6-19)23-9-10-24-18)15-13-2-8-21-14(13)11-12-1-7-22-16(12)15/h11H,1-10H2. The van der Waals surface area contributed by atoms with Crippen molar-refractivity contribution in [3.05, 3.63) is 22.8 Å². The summed E-state index contributed by atoms with van der Waals surface area (Å²) in [6, 6.07) is 2.05. The van der Waals surface area contributed by atoms with Gasteiger partial charge in [0.25, 0.3) is 5.91 Å². The van der Waals surface area contributed by atoms with E-state index in [1.165, 1.54) is 0 Å². The van der Waals surface area contributed by atoms with Crippen LogP contribution in [-0.4, -0.2) is 56.1 Å². The summed E-state index contributed by atoms with van der Waals surface area (Å²) in [6.07, 6.45) is 3.08. The molecular formula is C18H21NO5. The highest BCUT2D eigenvalue weighted by molar-refractivity contribution is 6.00. The van der Waals surface area contributed by atoms with E-state index in [-0.39, 0.29) is 5.91 Å². The second-order valence-electron chi connectivity index (χ2n) is 6.81. The lowest BCUT2D eigenvalue weighted by Gasteiger charge is -2.37. The van der Waals surface area contributed by atoms with Gasteiger partial charge in [-0.15, -0.1) is 0 Å². The largest absolute Gasteiger partial charge is 0.493 e.